The standard InChI is InChI=1S/C22H37N3O16/c1-7(27)24-13-10(29)3-22(21(36)37,41-18(13)15(31)11(30)4-26)39-6-12-16(32)17(33)14(25-8(2)28)20(40-12)38-5-9(23)19(34)35/h9-18,20,26,29-33H,3-6,23H2,1-2H3,(H,24,27)(H,25,28)(H,34,35)(H,36,37). The zero-order chi connectivity index (χ0) is 31.2. The fourth-order valence-corrected chi connectivity index (χ4v) is 4.36. The van der Waals surface area contributed by atoms with Crippen molar-refractivity contribution in [2.24, 2.45) is 5.73 Å². The first-order chi connectivity index (χ1) is 19.0. The normalized spacial score (nSPS) is 36.0. The highest BCUT2D eigenvalue weighted by atomic mass is 16.7. The zero-order valence-electron chi connectivity index (χ0n) is 22.1. The summed E-state index contributed by atoms with van der Waals surface area (Å²) < 4.78 is 21.8. The number of aliphatic hydroxyl groups is 6. The molecule has 2 amide bonds. The van der Waals surface area contributed by atoms with Crippen LogP contribution < -0.4 is 16.4 Å². The Labute approximate surface area is 232 Å². The lowest BCUT2D eigenvalue weighted by molar-refractivity contribution is -0.330. The maximum atomic E-state index is 12.3. The number of carboxylic acids is 2. The highest BCUT2D eigenvalue weighted by Crippen LogP contribution is 2.34. The third-order valence-electron chi connectivity index (χ3n) is 6.50. The smallest absolute Gasteiger partial charge is 0.364 e. The fourth-order valence-electron chi connectivity index (χ4n) is 4.36. The van der Waals surface area contributed by atoms with E-state index in [1.165, 1.54) is 0 Å². The minimum absolute atomic E-state index is 0.655. The molecule has 2 heterocycles. The van der Waals surface area contributed by atoms with E-state index >= 15 is 0 Å². The molecule has 0 aromatic heterocycles. The highest BCUT2D eigenvalue weighted by molar-refractivity contribution is 5.76. The number of rotatable bonds is 13. The number of nitrogens with one attached hydrogen (secondary N) is 2. The number of hydrogen-bond donors (Lipinski definition) is 11. The summed E-state index contributed by atoms with van der Waals surface area (Å²) >= 11 is 0. The van der Waals surface area contributed by atoms with Crippen molar-refractivity contribution in [3.63, 3.8) is 0 Å². The number of carboxylic acid groups (broad SMARTS) is 2. The number of ether oxygens (including phenoxy) is 4. The first kappa shape index (κ1) is 34.6. The van der Waals surface area contributed by atoms with Gasteiger partial charge in [0.1, 0.15) is 48.7 Å². The Bertz CT molecular complexity index is 941. The van der Waals surface area contributed by atoms with Crippen molar-refractivity contribution < 1.29 is 79.0 Å². The number of aliphatic hydroxyl groups excluding tert-OH is 6. The molecule has 0 aromatic rings. The van der Waals surface area contributed by atoms with E-state index in [0.717, 1.165) is 13.8 Å². The molecule has 2 aliphatic rings. The van der Waals surface area contributed by atoms with E-state index in [4.69, 9.17) is 29.8 Å². The van der Waals surface area contributed by atoms with Crippen LogP contribution in [0.25, 0.3) is 0 Å². The monoisotopic (exact) mass is 599 g/mol. The van der Waals surface area contributed by atoms with Gasteiger partial charge in [0.15, 0.2) is 6.29 Å². The van der Waals surface area contributed by atoms with E-state index in [9.17, 15) is 54.9 Å². The van der Waals surface area contributed by atoms with Crippen molar-refractivity contribution in [1.82, 2.24) is 10.6 Å². The molecular formula is C22H37N3O16. The molecule has 0 saturated carbocycles. The zero-order valence-corrected chi connectivity index (χ0v) is 22.1. The van der Waals surface area contributed by atoms with E-state index in [1.54, 1.807) is 0 Å². The Morgan fingerprint density at radius 1 is 1.02 bits per heavy atom. The van der Waals surface area contributed by atoms with Crippen LogP contribution in [0.15, 0.2) is 0 Å². The second-order valence-corrected chi connectivity index (χ2v) is 9.72. The summed E-state index contributed by atoms with van der Waals surface area (Å²) in [6, 6.07) is -4.40. The molecule has 0 spiro atoms. The van der Waals surface area contributed by atoms with Gasteiger partial charge in [-0.05, 0) is 0 Å². The van der Waals surface area contributed by atoms with E-state index in [-0.39, 0.29) is 0 Å². The average molecular weight is 600 g/mol. The quantitative estimate of drug-likeness (QED) is 0.0937. The van der Waals surface area contributed by atoms with Crippen LogP contribution in [-0.4, -0.2) is 157 Å². The molecule has 12 N–H and O–H groups in total. The summed E-state index contributed by atoms with van der Waals surface area (Å²) in [4.78, 5) is 46.6. The predicted octanol–water partition coefficient (Wildman–Crippen LogP) is -6.47. The Kier molecular flexibility index (Phi) is 12.3. The summed E-state index contributed by atoms with van der Waals surface area (Å²) in [6.07, 6.45) is -15.2. The maximum Gasteiger partial charge on any atom is 0.364 e. The molecule has 236 valence electrons. The molecule has 0 aliphatic carbocycles. The van der Waals surface area contributed by atoms with Crippen LogP contribution in [0.5, 0.6) is 0 Å². The van der Waals surface area contributed by atoms with Crippen LogP contribution in [-0.2, 0) is 38.1 Å². The van der Waals surface area contributed by atoms with Crippen LogP contribution in [0.3, 0.4) is 0 Å². The summed E-state index contributed by atoms with van der Waals surface area (Å²) in [6.45, 7) is -0.378. The van der Waals surface area contributed by atoms with Crippen molar-refractivity contribution in [3.05, 3.63) is 0 Å². The minimum atomic E-state index is -2.78. The Morgan fingerprint density at radius 2 is 1.61 bits per heavy atom. The van der Waals surface area contributed by atoms with Gasteiger partial charge < -0.3 is 76.2 Å². The molecule has 2 aliphatic heterocycles. The van der Waals surface area contributed by atoms with Crippen molar-refractivity contribution >= 4 is 23.8 Å². The number of nitrogens with two attached hydrogens (primary N) is 1. The van der Waals surface area contributed by atoms with E-state index in [2.05, 4.69) is 10.6 Å². The van der Waals surface area contributed by atoms with Gasteiger partial charge in [0.05, 0.1) is 32.0 Å². The molecule has 41 heavy (non-hydrogen) atoms. The Hall–Kier alpha value is -2.56. The van der Waals surface area contributed by atoms with Gasteiger partial charge in [-0.3, -0.25) is 14.4 Å². The highest BCUT2D eigenvalue weighted by Gasteiger charge is 2.57. The van der Waals surface area contributed by atoms with Gasteiger partial charge in [-0.25, -0.2) is 4.79 Å². The third-order valence-corrected chi connectivity index (χ3v) is 6.50. The van der Waals surface area contributed by atoms with Crippen LogP contribution in [0.4, 0.5) is 0 Å². The van der Waals surface area contributed by atoms with Gasteiger partial charge in [0.25, 0.3) is 5.79 Å². The topological polar surface area (TPSA) is 317 Å². The lowest BCUT2D eigenvalue weighted by Crippen LogP contribution is -2.69. The third kappa shape index (κ3) is 8.49. The van der Waals surface area contributed by atoms with Crippen molar-refractivity contribution in [1.29, 1.82) is 0 Å². The molecule has 19 heteroatoms. The van der Waals surface area contributed by atoms with E-state index in [1.807, 2.05) is 0 Å². The lowest BCUT2D eigenvalue weighted by Gasteiger charge is -2.47. The van der Waals surface area contributed by atoms with Gasteiger partial charge >= 0.3 is 11.9 Å². The van der Waals surface area contributed by atoms with Crippen LogP contribution in [0, 0.1) is 0 Å². The summed E-state index contributed by atoms with van der Waals surface area (Å²) in [7, 11) is 0. The minimum Gasteiger partial charge on any atom is -0.480 e. The Balaban J connectivity index is 2.31. The van der Waals surface area contributed by atoms with Gasteiger partial charge in [-0.1, -0.05) is 0 Å². The summed E-state index contributed by atoms with van der Waals surface area (Å²) in [5.41, 5.74) is 5.42. The second kappa shape index (κ2) is 14.6. The molecule has 0 bridgehead atoms. The SMILES string of the molecule is CC(=O)NC1C(OCC(N)C(=O)O)OC(COC2(C(=O)O)CC(O)C(NC(C)=O)C(C(O)C(O)CO)O2)C(O)C1O. The van der Waals surface area contributed by atoms with Crippen molar-refractivity contribution in [3.8, 4) is 0 Å². The van der Waals surface area contributed by atoms with Gasteiger partial charge in [0.2, 0.25) is 11.8 Å². The van der Waals surface area contributed by atoms with Crippen LogP contribution in [0.1, 0.15) is 20.3 Å². The number of hydrogen-bond acceptors (Lipinski definition) is 15. The summed E-state index contributed by atoms with van der Waals surface area (Å²) in [5.74, 6) is -7.43. The number of carbonyl (C=O) groups is 4. The van der Waals surface area contributed by atoms with Crippen LogP contribution in [0.2, 0.25) is 0 Å². The van der Waals surface area contributed by atoms with Gasteiger partial charge in [-0.15, -0.1) is 0 Å². The number of amides is 2. The molecule has 0 aromatic carbocycles. The second-order valence-electron chi connectivity index (χ2n) is 9.72. The van der Waals surface area contributed by atoms with Crippen molar-refractivity contribution in [2.45, 2.75) is 93.2 Å². The summed E-state index contributed by atoms with van der Waals surface area (Å²) in [5, 5.41) is 85.1. The number of aliphatic carboxylic acids is 2. The lowest BCUT2D eigenvalue weighted by atomic mass is 9.88. The van der Waals surface area contributed by atoms with E-state index < -0.39 is 123 Å². The Morgan fingerprint density at radius 3 is 2.12 bits per heavy atom. The first-order valence-electron chi connectivity index (χ1n) is 12.4. The molecule has 12 atom stereocenters. The fraction of sp³-hybridized carbons (Fsp3) is 0.818. The number of carbonyl (C=O) groups excluding carboxylic acids is 2. The van der Waals surface area contributed by atoms with E-state index in [0.29, 0.717) is 0 Å². The first-order valence-corrected chi connectivity index (χ1v) is 12.4. The van der Waals surface area contributed by atoms with Gasteiger partial charge in [0, 0.05) is 20.3 Å². The molecular weight excluding hydrogens is 562 g/mol. The van der Waals surface area contributed by atoms with Crippen LogP contribution >= 0.6 is 0 Å². The molecule has 19 nitrogen and oxygen atoms in total. The average Bonchev–Trinajstić information content (AvgIpc) is 2.89. The predicted molar refractivity (Wildman–Crippen MR) is 128 cm³/mol. The maximum absolute atomic E-state index is 12.3. The van der Waals surface area contributed by atoms with Crippen molar-refractivity contribution in [2.75, 3.05) is 19.8 Å². The van der Waals surface area contributed by atoms with Gasteiger partial charge in [-0.2, -0.15) is 0 Å². The largest absolute Gasteiger partial charge is 0.480 e. The molecule has 12 unspecified atom stereocenters. The molecule has 2 fully saturated rings. The molecule has 2 saturated heterocycles. The molecule has 2 rings (SSSR count). The molecule has 0 radical (unpaired) electrons.